The number of rotatable bonds is 7. The highest BCUT2D eigenvalue weighted by molar-refractivity contribution is 5.94. The zero-order valence-corrected chi connectivity index (χ0v) is 23.7. The summed E-state index contributed by atoms with van der Waals surface area (Å²) in [5.41, 5.74) is -1.44. The maximum Gasteiger partial charge on any atom is 0.319 e. The van der Waals surface area contributed by atoms with Gasteiger partial charge >= 0.3 is 6.01 Å². The largest absolute Gasteiger partial charge is 0.508 e. The third kappa shape index (κ3) is 4.78. The third-order valence-electron chi connectivity index (χ3n) is 9.40. The number of phenols is 1. The van der Waals surface area contributed by atoms with Gasteiger partial charge in [-0.1, -0.05) is 6.07 Å². The minimum atomic E-state index is -2.08. The van der Waals surface area contributed by atoms with Crippen LogP contribution in [-0.2, 0) is 0 Å². The Balaban J connectivity index is 1.27. The first-order chi connectivity index (χ1) is 21.6. The predicted molar refractivity (Wildman–Crippen MR) is 159 cm³/mol. The molecule has 1 aliphatic carbocycles. The molecular formula is C32H34F2N6O3. The summed E-state index contributed by atoms with van der Waals surface area (Å²) in [5.74, 6) is -1.97. The summed E-state index contributed by atoms with van der Waals surface area (Å²) in [6, 6.07) is 6.75. The molecule has 9 nitrogen and oxygen atoms in total. The number of benzene rings is 2. The number of aromatic hydroxyl groups is 1. The summed E-state index contributed by atoms with van der Waals surface area (Å²) in [7, 11) is 0. The van der Waals surface area contributed by atoms with Crippen molar-refractivity contribution in [3.8, 4) is 17.4 Å². The smallest absolute Gasteiger partial charge is 0.319 e. The second-order valence-corrected chi connectivity index (χ2v) is 12.5. The normalized spacial score (nSPS) is 24.0. The summed E-state index contributed by atoms with van der Waals surface area (Å²) in [5, 5.41) is 14.5. The van der Waals surface area contributed by atoms with Gasteiger partial charge in [-0.15, -0.1) is 0 Å². The Morgan fingerprint density at radius 1 is 1.09 bits per heavy atom. The van der Waals surface area contributed by atoms with Crippen LogP contribution in [0.2, 0.25) is 0 Å². The lowest BCUT2D eigenvalue weighted by Gasteiger charge is -2.34. The number of nitrogens with one attached hydrogen (secondary N) is 1. The number of ether oxygens (including phenoxy) is 1. The van der Waals surface area contributed by atoms with Crippen LogP contribution in [0, 0.1) is 17.0 Å². The number of halogens is 2. The lowest BCUT2D eigenvalue weighted by molar-refractivity contribution is 0.170. The molecule has 4 aromatic rings. The monoisotopic (exact) mass is 590 g/mol. The lowest BCUT2D eigenvalue weighted by atomic mass is 10.1. The van der Waals surface area contributed by atoms with E-state index in [2.05, 4.69) is 20.1 Å². The highest BCUT2D eigenvalue weighted by atomic mass is 19.2. The van der Waals surface area contributed by atoms with E-state index in [0.29, 0.717) is 43.7 Å². The van der Waals surface area contributed by atoms with Gasteiger partial charge in [0.2, 0.25) is 0 Å². The van der Waals surface area contributed by atoms with Crippen molar-refractivity contribution in [1.82, 2.24) is 24.8 Å². The first kappa shape index (κ1) is 24.6. The zero-order valence-electron chi connectivity index (χ0n) is 25.7. The minimum Gasteiger partial charge on any atom is -0.508 e. The Morgan fingerprint density at radius 3 is 2.60 bits per heavy atom. The van der Waals surface area contributed by atoms with Gasteiger partial charge < -0.3 is 25.0 Å². The van der Waals surface area contributed by atoms with Gasteiger partial charge in [-0.05, 0) is 75.2 Å². The molecule has 2 aromatic carbocycles. The van der Waals surface area contributed by atoms with E-state index >= 15 is 4.39 Å². The maximum absolute atomic E-state index is 15.1. The maximum atomic E-state index is 15.1. The highest BCUT2D eigenvalue weighted by Gasteiger charge is 2.45. The van der Waals surface area contributed by atoms with Crippen LogP contribution in [0.15, 0.2) is 41.3 Å². The number of aromatic nitrogens is 3. The van der Waals surface area contributed by atoms with Crippen LogP contribution in [0.5, 0.6) is 11.8 Å². The number of hydrogen-bond acceptors (Lipinski definition) is 8. The fraction of sp³-hybridized carbons (Fsp3) is 0.469. The first-order valence-electron chi connectivity index (χ1n) is 16.1. The fourth-order valence-corrected chi connectivity index (χ4v) is 7.05. The molecule has 4 aliphatic rings. The number of piperazine rings is 1. The summed E-state index contributed by atoms with van der Waals surface area (Å²) in [6.45, 7) is 1.68. The Hall–Kier alpha value is -3.83. The molecule has 11 heteroatoms. The van der Waals surface area contributed by atoms with E-state index in [1.807, 2.05) is 0 Å². The molecule has 4 fully saturated rings. The molecule has 1 saturated carbocycles. The third-order valence-corrected chi connectivity index (χ3v) is 9.40. The van der Waals surface area contributed by atoms with E-state index < -0.39 is 29.2 Å². The fourth-order valence-electron chi connectivity index (χ4n) is 7.05. The molecule has 2 atom stereocenters. The highest BCUT2D eigenvalue weighted by Crippen LogP contribution is 2.47. The van der Waals surface area contributed by atoms with E-state index in [1.54, 1.807) is 6.07 Å². The van der Waals surface area contributed by atoms with Crippen LogP contribution in [-0.4, -0.2) is 75.9 Å². The molecule has 3 saturated heterocycles. The number of likely N-dealkylation sites (tertiary alicyclic amines) is 1. The molecule has 3 aliphatic heterocycles. The predicted octanol–water partition coefficient (Wildman–Crippen LogP) is 4.11. The second-order valence-electron chi connectivity index (χ2n) is 12.5. The van der Waals surface area contributed by atoms with Crippen molar-refractivity contribution in [2.45, 2.75) is 50.6 Å². The molecule has 43 heavy (non-hydrogen) atoms. The average molecular weight is 591 g/mol. The van der Waals surface area contributed by atoms with Gasteiger partial charge in [-0.2, -0.15) is 9.97 Å². The molecule has 0 unspecified atom stereocenters. The van der Waals surface area contributed by atoms with Crippen LogP contribution in [0.3, 0.4) is 0 Å². The van der Waals surface area contributed by atoms with Crippen molar-refractivity contribution in [2.24, 2.45) is 5.41 Å². The van der Waals surface area contributed by atoms with Crippen molar-refractivity contribution in [3.05, 3.63) is 58.5 Å². The second kappa shape index (κ2) is 10.1. The Kier molecular flexibility index (Phi) is 5.79. The number of hydrogen-bond donors (Lipinski definition) is 2. The zero-order chi connectivity index (χ0) is 31.1. The Morgan fingerprint density at radius 2 is 1.86 bits per heavy atom. The van der Waals surface area contributed by atoms with E-state index in [-0.39, 0.29) is 45.8 Å². The number of anilines is 1. The molecule has 2 N–H and O–H groups in total. The molecule has 2 bridgehead atoms. The molecule has 8 rings (SSSR count). The van der Waals surface area contributed by atoms with Gasteiger partial charge in [0.05, 0.1) is 20.4 Å². The molecule has 0 amide bonds. The SMILES string of the molecule is [2H]C([2H])(Oc1nc(N2C[C@H]3CC[C@@H](C2)N3)c2ccn(-c3cc(O)cc4ccc(F)c(F)c34)c(=O)c2n1)C1(CN2CCCC2)CC1. The molecule has 224 valence electrons. The van der Waals surface area contributed by atoms with Crippen molar-refractivity contribution in [2.75, 3.05) is 44.2 Å². The quantitative estimate of drug-likeness (QED) is 0.332. The van der Waals surface area contributed by atoms with Gasteiger partial charge in [0, 0.05) is 54.8 Å². The van der Waals surface area contributed by atoms with E-state index in [0.717, 1.165) is 49.4 Å². The van der Waals surface area contributed by atoms with E-state index in [4.69, 9.17) is 12.5 Å². The Labute approximate surface area is 249 Å². The number of phenolic OH excluding ortho intramolecular Hbond substituents is 1. The van der Waals surface area contributed by atoms with Crippen molar-refractivity contribution in [3.63, 3.8) is 0 Å². The summed E-state index contributed by atoms with van der Waals surface area (Å²) >= 11 is 0. The van der Waals surface area contributed by atoms with Crippen LogP contribution in [0.1, 0.15) is 41.3 Å². The van der Waals surface area contributed by atoms with Gasteiger partial charge in [0.15, 0.2) is 11.6 Å². The van der Waals surface area contributed by atoms with E-state index in [9.17, 15) is 14.3 Å². The number of nitrogens with zero attached hydrogens (tertiary/aromatic N) is 5. The summed E-state index contributed by atoms with van der Waals surface area (Å²) < 4.78 is 54.6. The molecule has 5 heterocycles. The van der Waals surface area contributed by atoms with Crippen LogP contribution in [0.25, 0.3) is 27.4 Å². The number of fused-ring (bicyclic) bond motifs is 4. The van der Waals surface area contributed by atoms with Gasteiger partial charge in [0.1, 0.15) is 17.1 Å². The topological polar surface area (TPSA) is 95.8 Å². The standard InChI is InChI=1S/C32H34F2N6O3/c33-24-6-3-19-13-22(41)14-25(26(19)27(24)34)40-12-7-23-28(30(40)42)36-31(37-29(23)39-15-20-4-5-21(16-39)35-20)43-18-32(8-9-32)17-38-10-1-2-11-38/h3,6-7,12-14,20-21,35,41H,1-2,4-5,8-11,15-18H2/t20-,21+/i18D2. The lowest BCUT2D eigenvalue weighted by Crippen LogP contribution is -2.51. The van der Waals surface area contributed by atoms with Crippen LogP contribution < -0.4 is 20.5 Å². The molecular weight excluding hydrogens is 554 g/mol. The van der Waals surface area contributed by atoms with E-state index in [1.165, 1.54) is 24.4 Å². The number of pyridine rings is 1. The van der Waals surface area contributed by atoms with Crippen molar-refractivity contribution < 1.29 is 21.4 Å². The van der Waals surface area contributed by atoms with Crippen molar-refractivity contribution >= 4 is 27.5 Å². The summed E-state index contributed by atoms with van der Waals surface area (Å²) in [4.78, 5) is 27.8. The first-order valence-corrected chi connectivity index (χ1v) is 15.1. The van der Waals surface area contributed by atoms with Gasteiger partial charge in [-0.3, -0.25) is 9.36 Å². The Bertz CT molecular complexity index is 1880. The minimum absolute atomic E-state index is 0.0446. The molecule has 0 spiro atoms. The average Bonchev–Trinajstić information content (AvgIpc) is 3.48. The van der Waals surface area contributed by atoms with Crippen molar-refractivity contribution in [1.29, 1.82) is 0 Å². The van der Waals surface area contributed by atoms with Crippen LogP contribution >= 0.6 is 0 Å². The van der Waals surface area contributed by atoms with Gasteiger partial charge in [-0.25, -0.2) is 8.78 Å². The molecule has 2 aromatic heterocycles. The van der Waals surface area contributed by atoms with Gasteiger partial charge in [0.25, 0.3) is 5.56 Å². The summed E-state index contributed by atoms with van der Waals surface area (Å²) in [6.07, 6.45) is 7.04. The van der Waals surface area contributed by atoms with Crippen LogP contribution in [0.4, 0.5) is 14.6 Å². The molecule has 0 radical (unpaired) electrons.